The van der Waals surface area contributed by atoms with E-state index in [0.717, 1.165) is 22.4 Å². The molecule has 1 aromatic heterocycles. The summed E-state index contributed by atoms with van der Waals surface area (Å²) in [5.41, 5.74) is 3.45. The highest BCUT2D eigenvalue weighted by molar-refractivity contribution is 5.78. The first-order valence-corrected chi connectivity index (χ1v) is 6.42. The lowest BCUT2D eigenvalue weighted by Crippen LogP contribution is -1.96. The summed E-state index contributed by atoms with van der Waals surface area (Å²) in [7, 11) is 0. The van der Waals surface area contributed by atoms with E-state index in [0.29, 0.717) is 12.4 Å². The lowest BCUT2D eigenvalue weighted by molar-refractivity contribution is -0.116. The van der Waals surface area contributed by atoms with Crippen molar-refractivity contribution in [3.8, 4) is 0 Å². The Labute approximate surface area is 116 Å². The van der Waals surface area contributed by atoms with Crippen molar-refractivity contribution in [1.29, 1.82) is 0 Å². The fourth-order valence-electron chi connectivity index (χ4n) is 2.04. The third kappa shape index (κ3) is 2.69. The second kappa shape index (κ2) is 5.17. The second-order valence-corrected chi connectivity index (χ2v) is 4.69. The number of ketones is 1. The molecule has 3 aromatic rings. The van der Waals surface area contributed by atoms with E-state index in [4.69, 9.17) is 4.42 Å². The van der Waals surface area contributed by atoms with Gasteiger partial charge in [0, 0.05) is 12.1 Å². The molecule has 100 valence electrons. The zero-order valence-corrected chi connectivity index (χ0v) is 11.1. The molecule has 0 saturated carbocycles. The zero-order valence-electron chi connectivity index (χ0n) is 11.1. The first-order chi connectivity index (χ1) is 9.70. The lowest BCUT2D eigenvalue weighted by atomic mass is 10.1. The number of oxazole rings is 1. The van der Waals surface area contributed by atoms with Gasteiger partial charge in [0.1, 0.15) is 11.3 Å². The number of anilines is 2. The molecule has 0 aliphatic heterocycles. The van der Waals surface area contributed by atoms with Crippen molar-refractivity contribution < 1.29 is 9.21 Å². The maximum absolute atomic E-state index is 11.0. The number of hydrogen-bond donors (Lipinski definition) is 1. The average molecular weight is 266 g/mol. The van der Waals surface area contributed by atoms with Crippen LogP contribution in [0.15, 0.2) is 52.9 Å². The van der Waals surface area contributed by atoms with Gasteiger partial charge in [-0.3, -0.25) is 4.79 Å². The number of fused-ring (bicyclic) bond motifs is 1. The SMILES string of the molecule is CC(=O)Cc1ccc(Nc2nc3ccccc3o2)cc1. The van der Waals surface area contributed by atoms with E-state index in [9.17, 15) is 4.79 Å². The third-order valence-electron chi connectivity index (χ3n) is 2.95. The van der Waals surface area contributed by atoms with Gasteiger partial charge in [0.2, 0.25) is 0 Å². The van der Waals surface area contributed by atoms with E-state index in [-0.39, 0.29) is 5.78 Å². The predicted octanol–water partition coefficient (Wildman–Crippen LogP) is 3.70. The molecule has 0 spiro atoms. The van der Waals surface area contributed by atoms with Gasteiger partial charge in [0.15, 0.2) is 5.58 Å². The number of carbonyl (C=O) groups is 1. The molecule has 0 fully saturated rings. The van der Waals surface area contributed by atoms with Crippen molar-refractivity contribution in [2.24, 2.45) is 0 Å². The zero-order chi connectivity index (χ0) is 13.9. The van der Waals surface area contributed by atoms with Crippen LogP contribution in [0.3, 0.4) is 0 Å². The second-order valence-electron chi connectivity index (χ2n) is 4.69. The summed E-state index contributed by atoms with van der Waals surface area (Å²) in [4.78, 5) is 15.4. The van der Waals surface area contributed by atoms with Gasteiger partial charge in [-0.15, -0.1) is 0 Å². The number of nitrogens with one attached hydrogen (secondary N) is 1. The van der Waals surface area contributed by atoms with Gasteiger partial charge in [-0.25, -0.2) is 0 Å². The number of para-hydroxylation sites is 2. The van der Waals surface area contributed by atoms with Crippen molar-refractivity contribution in [3.05, 3.63) is 54.1 Å². The number of aromatic nitrogens is 1. The standard InChI is InChI=1S/C16H14N2O2/c1-11(19)10-12-6-8-13(9-7-12)17-16-18-14-4-2-3-5-15(14)20-16/h2-9H,10H2,1H3,(H,17,18). The molecule has 1 heterocycles. The Balaban J connectivity index is 1.78. The Morgan fingerprint density at radius 3 is 2.60 bits per heavy atom. The van der Waals surface area contributed by atoms with Crippen LogP contribution in [0.2, 0.25) is 0 Å². The highest BCUT2D eigenvalue weighted by atomic mass is 16.4. The molecule has 0 amide bonds. The van der Waals surface area contributed by atoms with Crippen molar-refractivity contribution in [2.45, 2.75) is 13.3 Å². The minimum atomic E-state index is 0.157. The van der Waals surface area contributed by atoms with Crippen LogP contribution >= 0.6 is 0 Å². The summed E-state index contributed by atoms with van der Waals surface area (Å²) in [6.07, 6.45) is 0.461. The summed E-state index contributed by atoms with van der Waals surface area (Å²) >= 11 is 0. The molecule has 0 bridgehead atoms. The van der Waals surface area contributed by atoms with E-state index >= 15 is 0 Å². The number of rotatable bonds is 4. The molecule has 2 aromatic carbocycles. The minimum absolute atomic E-state index is 0.157. The molecular formula is C16H14N2O2. The van der Waals surface area contributed by atoms with Crippen LogP contribution in [-0.2, 0) is 11.2 Å². The summed E-state index contributed by atoms with van der Waals surface area (Å²) in [5.74, 6) is 0.157. The Kier molecular flexibility index (Phi) is 3.21. The van der Waals surface area contributed by atoms with Gasteiger partial charge in [0.25, 0.3) is 6.01 Å². The molecule has 0 saturated heterocycles. The van der Waals surface area contributed by atoms with E-state index in [1.807, 2.05) is 48.5 Å². The van der Waals surface area contributed by atoms with Crippen LogP contribution < -0.4 is 5.32 Å². The van der Waals surface area contributed by atoms with Crippen LogP contribution in [-0.4, -0.2) is 10.8 Å². The summed E-state index contributed by atoms with van der Waals surface area (Å²) in [5, 5.41) is 3.11. The first-order valence-electron chi connectivity index (χ1n) is 6.42. The molecule has 0 aliphatic rings. The molecular weight excluding hydrogens is 252 g/mol. The van der Waals surface area contributed by atoms with Crippen molar-refractivity contribution in [2.75, 3.05) is 5.32 Å². The topological polar surface area (TPSA) is 55.1 Å². The molecule has 4 nitrogen and oxygen atoms in total. The van der Waals surface area contributed by atoms with Crippen LogP contribution in [0.25, 0.3) is 11.1 Å². The highest BCUT2D eigenvalue weighted by Crippen LogP contribution is 2.22. The highest BCUT2D eigenvalue weighted by Gasteiger charge is 2.05. The van der Waals surface area contributed by atoms with E-state index in [1.54, 1.807) is 6.92 Å². The molecule has 0 atom stereocenters. The van der Waals surface area contributed by atoms with E-state index in [2.05, 4.69) is 10.3 Å². The summed E-state index contributed by atoms with van der Waals surface area (Å²) in [6, 6.07) is 15.7. The summed E-state index contributed by atoms with van der Waals surface area (Å²) < 4.78 is 5.59. The third-order valence-corrected chi connectivity index (χ3v) is 2.95. The van der Waals surface area contributed by atoms with Gasteiger partial charge in [-0.2, -0.15) is 4.98 Å². The van der Waals surface area contributed by atoms with Crippen molar-refractivity contribution in [1.82, 2.24) is 4.98 Å². The van der Waals surface area contributed by atoms with Crippen LogP contribution in [0.4, 0.5) is 11.7 Å². The van der Waals surface area contributed by atoms with Crippen molar-refractivity contribution in [3.63, 3.8) is 0 Å². The van der Waals surface area contributed by atoms with Crippen LogP contribution in [0, 0.1) is 0 Å². The van der Waals surface area contributed by atoms with Crippen LogP contribution in [0.5, 0.6) is 0 Å². The number of Topliss-reactive ketones (excluding diaryl/α,β-unsaturated/α-hetero) is 1. The Morgan fingerprint density at radius 2 is 1.90 bits per heavy atom. The predicted molar refractivity (Wildman–Crippen MR) is 78.1 cm³/mol. The molecule has 0 aliphatic carbocycles. The maximum atomic E-state index is 11.0. The molecule has 1 N–H and O–H groups in total. The average Bonchev–Trinajstić information content (AvgIpc) is 2.82. The fraction of sp³-hybridized carbons (Fsp3) is 0.125. The molecule has 4 heteroatoms. The largest absolute Gasteiger partial charge is 0.423 e. The summed E-state index contributed by atoms with van der Waals surface area (Å²) in [6.45, 7) is 1.59. The van der Waals surface area contributed by atoms with Gasteiger partial charge in [-0.1, -0.05) is 24.3 Å². The lowest BCUT2D eigenvalue weighted by Gasteiger charge is -2.03. The normalized spacial score (nSPS) is 10.7. The van der Waals surface area contributed by atoms with Crippen LogP contribution in [0.1, 0.15) is 12.5 Å². The first kappa shape index (κ1) is 12.4. The Morgan fingerprint density at radius 1 is 1.15 bits per heavy atom. The molecule has 0 unspecified atom stereocenters. The number of benzene rings is 2. The fourth-order valence-corrected chi connectivity index (χ4v) is 2.04. The smallest absolute Gasteiger partial charge is 0.300 e. The molecule has 0 radical (unpaired) electrons. The van der Waals surface area contributed by atoms with E-state index < -0.39 is 0 Å². The molecule has 3 rings (SSSR count). The monoisotopic (exact) mass is 266 g/mol. The number of carbonyl (C=O) groups excluding carboxylic acids is 1. The van der Waals surface area contributed by atoms with Gasteiger partial charge < -0.3 is 9.73 Å². The van der Waals surface area contributed by atoms with Gasteiger partial charge >= 0.3 is 0 Å². The number of nitrogens with zero attached hydrogens (tertiary/aromatic N) is 1. The molecule has 20 heavy (non-hydrogen) atoms. The quantitative estimate of drug-likeness (QED) is 0.782. The van der Waals surface area contributed by atoms with Crippen molar-refractivity contribution >= 4 is 28.6 Å². The Hall–Kier alpha value is -2.62. The maximum Gasteiger partial charge on any atom is 0.300 e. The minimum Gasteiger partial charge on any atom is -0.423 e. The van der Waals surface area contributed by atoms with Gasteiger partial charge in [-0.05, 0) is 36.8 Å². The Bertz CT molecular complexity index is 712. The van der Waals surface area contributed by atoms with E-state index in [1.165, 1.54) is 0 Å². The number of hydrogen-bond acceptors (Lipinski definition) is 4. The van der Waals surface area contributed by atoms with Gasteiger partial charge in [0.05, 0.1) is 0 Å².